The third-order valence-electron chi connectivity index (χ3n) is 2.77. The Hall–Kier alpha value is -1.77. The Bertz CT molecular complexity index is 410. The average molecular weight is 262 g/mol. The van der Waals surface area contributed by atoms with Crippen LogP contribution in [0.15, 0.2) is 36.4 Å². The lowest BCUT2D eigenvalue weighted by atomic mass is 10.2. The van der Waals surface area contributed by atoms with Crippen molar-refractivity contribution in [2.75, 3.05) is 6.61 Å². The van der Waals surface area contributed by atoms with Crippen LogP contribution in [0.3, 0.4) is 0 Å². The highest BCUT2D eigenvalue weighted by Crippen LogP contribution is 2.16. The van der Waals surface area contributed by atoms with E-state index in [-0.39, 0.29) is 11.3 Å². The van der Waals surface area contributed by atoms with Gasteiger partial charge in [0.25, 0.3) is 0 Å². The summed E-state index contributed by atoms with van der Waals surface area (Å²) in [7, 11) is 0. The highest BCUT2D eigenvalue weighted by molar-refractivity contribution is 5.92. The number of para-hydroxylation sites is 1. The number of benzene rings is 1. The third-order valence-corrected chi connectivity index (χ3v) is 2.77. The monoisotopic (exact) mass is 262 g/mol. The molecule has 0 unspecified atom stereocenters. The van der Waals surface area contributed by atoms with Crippen molar-refractivity contribution >= 4 is 5.97 Å². The van der Waals surface area contributed by atoms with E-state index >= 15 is 0 Å². The van der Waals surface area contributed by atoms with Crippen LogP contribution in [0.25, 0.3) is 0 Å². The van der Waals surface area contributed by atoms with E-state index in [1.807, 2.05) is 0 Å². The van der Waals surface area contributed by atoms with Crippen LogP contribution in [0.1, 0.15) is 49.4 Å². The number of hydrogen-bond donors (Lipinski definition) is 1. The Balaban J connectivity index is 2.15. The lowest BCUT2D eigenvalue weighted by Gasteiger charge is -2.05. The zero-order valence-corrected chi connectivity index (χ0v) is 11.5. The van der Waals surface area contributed by atoms with Gasteiger partial charge in [0, 0.05) is 0 Å². The molecule has 1 rings (SSSR count). The lowest BCUT2D eigenvalue weighted by molar-refractivity contribution is 0.0494. The van der Waals surface area contributed by atoms with Crippen molar-refractivity contribution in [1.29, 1.82) is 0 Å². The second kappa shape index (κ2) is 9.20. The van der Waals surface area contributed by atoms with Crippen LogP contribution in [0.2, 0.25) is 0 Å². The molecule has 1 aromatic rings. The Kier molecular flexibility index (Phi) is 7.40. The Morgan fingerprint density at radius 1 is 1.21 bits per heavy atom. The predicted molar refractivity (Wildman–Crippen MR) is 76.3 cm³/mol. The van der Waals surface area contributed by atoms with Gasteiger partial charge in [-0.1, -0.05) is 31.2 Å². The molecule has 0 aliphatic carbocycles. The molecule has 0 fully saturated rings. The van der Waals surface area contributed by atoms with E-state index in [9.17, 15) is 9.90 Å². The zero-order chi connectivity index (χ0) is 13.9. The van der Waals surface area contributed by atoms with Crippen LogP contribution < -0.4 is 0 Å². The molecule has 1 aromatic carbocycles. The SMILES string of the molecule is CCC=CCCCCCOC(=O)c1ccccc1O. The van der Waals surface area contributed by atoms with Crippen molar-refractivity contribution in [3.8, 4) is 5.75 Å². The molecule has 0 bridgehead atoms. The van der Waals surface area contributed by atoms with Gasteiger partial charge in [0.05, 0.1) is 6.61 Å². The molecular formula is C16H22O3. The van der Waals surface area contributed by atoms with Gasteiger partial charge in [-0.05, 0) is 44.2 Å². The van der Waals surface area contributed by atoms with Crippen LogP contribution in [0, 0.1) is 0 Å². The van der Waals surface area contributed by atoms with Crippen molar-refractivity contribution in [2.24, 2.45) is 0 Å². The van der Waals surface area contributed by atoms with E-state index in [2.05, 4.69) is 19.1 Å². The largest absolute Gasteiger partial charge is 0.507 e. The summed E-state index contributed by atoms with van der Waals surface area (Å²) in [5.41, 5.74) is 0.230. The lowest BCUT2D eigenvalue weighted by Crippen LogP contribution is -2.06. The van der Waals surface area contributed by atoms with Gasteiger partial charge in [0.1, 0.15) is 11.3 Å². The highest BCUT2D eigenvalue weighted by Gasteiger charge is 2.10. The highest BCUT2D eigenvalue weighted by atomic mass is 16.5. The quantitative estimate of drug-likeness (QED) is 0.436. The maximum absolute atomic E-state index is 11.6. The van der Waals surface area contributed by atoms with E-state index in [0.717, 1.165) is 32.1 Å². The van der Waals surface area contributed by atoms with Gasteiger partial charge in [0.15, 0.2) is 0 Å². The maximum Gasteiger partial charge on any atom is 0.341 e. The van der Waals surface area contributed by atoms with Crippen molar-refractivity contribution < 1.29 is 14.6 Å². The van der Waals surface area contributed by atoms with Crippen LogP contribution in [-0.4, -0.2) is 17.7 Å². The van der Waals surface area contributed by atoms with E-state index in [4.69, 9.17) is 4.74 Å². The summed E-state index contributed by atoms with van der Waals surface area (Å²) in [6.45, 7) is 2.53. The van der Waals surface area contributed by atoms with Crippen molar-refractivity contribution in [1.82, 2.24) is 0 Å². The van der Waals surface area contributed by atoms with Crippen molar-refractivity contribution in [3.63, 3.8) is 0 Å². The summed E-state index contributed by atoms with van der Waals surface area (Å²) in [6, 6.07) is 6.43. The topological polar surface area (TPSA) is 46.5 Å². The summed E-state index contributed by atoms with van der Waals surface area (Å²) < 4.78 is 5.12. The molecule has 0 atom stereocenters. The molecule has 104 valence electrons. The van der Waals surface area contributed by atoms with Crippen molar-refractivity contribution in [3.05, 3.63) is 42.0 Å². The van der Waals surface area contributed by atoms with E-state index in [1.54, 1.807) is 18.2 Å². The van der Waals surface area contributed by atoms with Crippen molar-refractivity contribution in [2.45, 2.75) is 39.0 Å². The molecule has 0 aromatic heterocycles. The smallest absolute Gasteiger partial charge is 0.341 e. The van der Waals surface area contributed by atoms with Crippen LogP contribution in [0.5, 0.6) is 5.75 Å². The minimum atomic E-state index is -0.455. The molecule has 0 saturated heterocycles. The first-order chi connectivity index (χ1) is 9.25. The molecule has 0 saturated carbocycles. The van der Waals surface area contributed by atoms with E-state index < -0.39 is 5.97 Å². The van der Waals surface area contributed by atoms with E-state index in [1.165, 1.54) is 6.07 Å². The molecule has 1 N–H and O–H groups in total. The van der Waals surface area contributed by atoms with Gasteiger partial charge in [0.2, 0.25) is 0 Å². The summed E-state index contributed by atoms with van der Waals surface area (Å²) in [4.78, 5) is 11.6. The number of rotatable bonds is 8. The number of carbonyl (C=O) groups is 1. The van der Waals surface area contributed by atoms with E-state index in [0.29, 0.717) is 6.61 Å². The summed E-state index contributed by atoms with van der Waals surface area (Å²) in [5.74, 6) is -0.485. The molecule has 3 nitrogen and oxygen atoms in total. The van der Waals surface area contributed by atoms with Gasteiger partial charge >= 0.3 is 5.97 Å². The van der Waals surface area contributed by atoms with Crippen LogP contribution in [0.4, 0.5) is 0 Å². The van der Waals surface area contributed by atoms with Gasteiger partial charge in [-0.15, -0.1) is 0 Å². The fourth-order valence-electron chi connectivity index (χ4n) is 1.71. The van der Waals surface area contributed by atoms with Crippen LogP contribution >= 0.6 is 0 Å². The maximum atomic E-state index is 11.6. The van der Waals surface area contributed by atoms with Crippen LogP contribution in [-0.2, 0) is 4.74 Å². The number of hydrogen-bond acceptors (Lipinski definition) is 3. The minimum Gasteiger partial charge on any atom is -0.507 e. The first kappa shape index (κ1) is 15.3. The Morgan fingerprint density at radius 2 is 2.00 bits per heavy atom. The molecule has 0 spiro atoms. The molecule has 0 heterocycles. The van der Waals surface area contributed by atoms with Gasteiger partial charge in [-0.25, -0.2) is 4.79 Å². The number of phenolic OH excluding ortho intramolecular Hbond substituents is 1. The number of carbonyl (C=O) groups excluding carboxylic acids is 1. The Morgan fingerprint density at radius 3 is 2.74 bits per heavy atom. The predicted octanol–water partition coefficient (Wildman–Crippen LogP) is 4.08. The van der Waals surface area contributed by atoms with Gasteiger partial charge in [-0.2, -0.15) is 0 Å². The number of unbranched alkanes of at least 4 members (excludes halogenated alkanes) is 3. The summed E-state index contributed by atoms with van der Waals surface area (Å²) >= 11 is 0. The summed E-state index contributed by atoms with van der Waals surface area (Å²) in [6.07, 6.45) is 9.54. The van der Waals surface area contributed by atoms with Gasteiger partial charge < -0.3 is 9.84 Å². The molecular weight excluding hydrogens is 240 g/mol. The first-order valence-corrected chi connectivity index (χ1v) is 6.85. The molecule has 0 aliphatic rings. The second-order valence-corrected chi connectivity index (χ2v) is 4.38. The molecule has 3 heteroatoms. The Labute approximate surface area is 114 Å². The third kappa shape index (κ3) is 6.09. The molecule has 0 aliphatic heterocycles. The number of esters is 1. The first-order valence-electron chi connectivity index (χ1n) is 6.85. The number of aromatic hydroxyl groups is 1. The van der Waals surface area contributed by atoms with Gasteiger partial charge in [-0.3, -0.25) is 0 Å². The summed E-state index contributed by atoms with van der Waals surface area (Å²) in [5, 5.41) is 9.50. The molecule has 19 heavy (non-hydrogen) atoms. The number of phenols is 1. The molecule has 0 radical (unpaired) electrons. The zero-order valence-electron chi connectivity index (χ0n) is 11.5. The number of allylic oxidation sites excluding steroid dienone is 2. The molecule has 0 amide bonds. The fraction of sp³-hybridized carbons (Fsp3) is 0.438. The minimum absolute atomic E-state index is 0.0304. The normalized spacial score (nSPS) is 10.8. The fourth-order valence-corrected chi connectivity index (χ4v) is 1.71. The second-order valence-electron chi connectivity index (χ2n) is 4.38. The average Bonchev–Trinajstić information content (AvgIpc) is 2.42. The number of ether oxygens (including phenoxy) is 1. The standard InChI is InChI=1S/C16H22O3/c1-2-3-4-5-6-7-10-13-19-16(18)14-11-8-9-12-15(14)17/h3-4,8-9,11-12,17H,2,5-7,10,13H2,1H3.